The Kier molecular flexibility index (Phi) is 3.91. The maximum absolute atomic E-state index is 13.0. The highest BCUT2D eigenvalue weighted by Crippen LogP contribution is 2.38. The number of carbonyl (C=O) groups is 1. The molecule has 0 aliphatic carbocycles. The summed E-state index contributed by atoms with van der Waals surface area (Å²) < 4.78 is 40.5. The van der Waals surface area contributed by atoms with Crippen molar-refractivity contribution >= 4 is 11.7 Å². The molecule has 1 aliphatic heterocycles. The number of aromatic nitrogens is 2. The van der Waals surface area contributed by atoms with Crippen LogP contribution in [0.3, 0.4) is 0 Å². The molecule has 1 aliphatic rings. The summed E-state index contributed by atoms with van der Waals surface area (Å²) >= 11 is 0. The number of carbonyl (C=O) groups excluding carboxylic acids is 1. The summed E-state index contributed by atoms with van der Waals surface area (Å²) in [5, 5.41) is 12.2. The molecular weight excluding hydrogens is 359 g/mol. The predicted octanol–water partition coefficient (Wildman–Crippen LogP) is 4.07. The molecule has 0 spiro atoms. The first-order valence-corrected chi connectivity index (χ1v) is 8.16. The molecule has 3 aromatic rings. The van der Waals surface area contributed by atoms with Gasteiger partial charge in [-0.1, -0.05) is 18.2 Å². The van der Waals surface area contributed by atoms with Crippen LogP contribution in [-0.2, 0) is 11.0 Å². The highest BCUT2D eigenvalue weighted by atomic mass is 19.4. The average Bonchev–Trinajstić information content (AvgIpc) is 3.05. The fraction of sp³-hybridized carbons (Fsp3) is 0.158. The van der Waals surface area contributed by atoms with Crippen LogP contribution < -0.4 is 5.32 Å². The SMILES string of the molecule is O=C1C[C@@H](c2ccc(O)cc2)c2ncn(-c3cccc(C(F)(F)F)c3)c2N1. The van der Waals surface area contributed by atoms with Crippen molar-refractivity contribution < 1.29 is 23.1 Å². The molecule has 5 nitrogen and oxygen atoms in total. The van der Waals surface area contributed by atoms with E-state index in [1.165, 1.54) is 35.2 Å². The highest BCUT2D eigenvalue weighted by Gasteiger charge is 2.33. The van der Waals surface area contributed by atoms with Gasteiger partial charge in [0.15, 0.2) is 0 Å². The number of halogens is 3. The van der Waals surface area contributed by atoms with Crippen molar-refractivity contribution in [1.29, 1.82) is 0 Å². The first kappa shape index (κ1) is 17.1. The molecule has 1 aromatic heterocycles. The van der Waals surface area contributed by atoms with E-state index in [1.54, 1.807) is 12.1 Å². The maximum Gasteiger partial charge on any atom is 0.416 e. The van der Waals surface area contributed by atoms with Gasteiger partial charge in [0.05, 0.1) is 11.3 Å². The summed E-state index contributed by atoms with van der Waals surface area (Å²) in [6.45, 7) is 0. The summed E-state index contributed by atoms with van der Waals surface area (Å²) in [6, 6.07) is 11.3. The number of rotatable bonds is 2. The zero-order chi connectivity index (χ0) is 19.2. The smallest absolute Gasteiger partial charge is 0.416 e. The van der Waals surface area contributed by atoms with Gasteiger partial charge in [0.25, 0.3) is 0 Å². The predicted molar refractivity (Wildman–Crippen MR) is 91.8 cm³/mol. The molecule has 2 heterocycles. The number of nitrogens with one attached hydrogen (secondary N) is 1. The van der Waals surface area contributed by atoms with Gasteiger partial charge in [-0.15, -0.1) is 0 Å². The van der Waals surface area contributed by atoms with Crippen LogP contribution in [0.25, 0.3) is 5.69 Å². The Bertz CT molecular complexity index is 1010. The Labute approximate surface area is 152 Å². The number of nitrogens with zero attached hydrogens (tertiary/aromatic N) is 2. The van der Waals surface area contributed by atoms with E-state index >= 15 is 0 Å². The molecule has 0 saturated carbocycles. The lowest BCUT2D eigenvalue weighted by Gasteiger charge is -2.23. The molecule has 0 unspecified atom stereocenters. The second-order valence-electron chi connectivity index (χ2n) is 6.29. The molecule has 1 atom stereocenters. The van der Waals surface area contributed by atoms with Crippen LogP contribution in [0.2, 0.25) is 0 Å². The van der Waals surface area contributed by atoms with Gasteiger partial charge in [-0.25, -0.2) is 4.98 Å². The molecule has 138 valence electrons. The highest BCUT2D eigenvalue weighted by molar-refractivity contribution is 5.94. The van der Waals surface area contributed by atoms with Crippen LogP contribution in [0.4, 0.5) is 19.0 Å². The van der Waals surface area contributed by atoms with E-state index in [9.17, 15) is 23.1 Å². The van der Waals surface area contributed by atoms with Gasteiger partial charge in [0, 0.05) is 18.0 Å². The minimum absolute atomic E-state index is 0.105. The Morgan fingerprint density at radius 2 is 1.89 bits per heavy atom. The van der Waals surface area contributed by atoms with Gasteiger partial charge in [-0.05, 0) is 35.9 Å². The molecule has 4 rings (SSSR count). The summed E-state index contributed by atoms with van der Waals surface area (Å²) in [5.41, 5.74) is 0.834. The third-order valence-electron chi connectivity index (χ3n) is 4.52. The molecule has 0 bridgehead atoms. The van der Waals surface area contributed by atoms with Crippen LogP contribution in [0, 0.1) is 0 Å². The number of hydrogen-bond acceptors (Lipinski definition) is 3. The fourth-order valence-electron chi connectivity index (χ4n) is 3.22. The third kappa shape index (κ3) is 3.14. The molecule has 2 N–H and O–H groups in total. The van der Waals surface area contributed by atoms with E-state index in [-0.39, 0.29) is 29.7 Å². The van der Waals surface area contributed by atoms with E-state index in [0.29, 0.717) is 11.5 Å². The standard InChI is InChI=1S/C19H14F3N3O2/c20-19(21,22)12-2-1-3-13(8-12)25-10-23-17-15(9-16(27)24-18(17)25)11-4-6-14(26)7-5-11/h1-8,10,15,26H,9H2,(H,24,27)/t15-/m0/s1. The zero-order valence-electron chi connectivity index (χ0n) is 13.9. The van der Waals surface area contributed by atoms with Crippen LogP contribution >= 0.6 is 0 Å². The van der Waals surface area contributed by atoms with Crippen LogP contribution in [0.1, 0.15) is 29.2 Å². The number of hydrogen-bond donors (Lipinski definition) is 2. The van der Waals surface area contributed by atoms with Crippen molar-refractivity contribution in [2.45, 2.75) is 18.5 Å². The van der Waals surface area contributed by atoms with Crippen molar-refractivity contribution in [2.75, 3.05) is 5.32 Å². The second kappa shape index (κ2) is 6.15. The maximum atomic E-state index is 13.0. The van der Waals surface area contributed by atoms with Crippen molar-refractivity contribution in [1.82, 2.24) is 9.55 Å². The summed E-state index contributed by atoms with van der Waals surface area (Å²) in [6.07, 6.45) is -2.90. The first-order chi connectivity index (χ1) is 12.8. The number of alkyl halides is 3. The molecule has 27 heavy (non-hydrogen) atoms. The minimum Gasteiger partial charge on any atom is -0.508 e. The van der Waals surface area contributed by atoms with E-state index in [4.69, 9.17) is 0 Å². The Morgan fingerprint density at radius 3 is 2.59 bits per heavy atom. The summed E-state index contributed by atoms with van der Waals surface area (Å²) in [4.78, 5) is 16.5. The Balaban J connectivity index is 1.79. The Hall–Kier alpha value is -3.29. The number of aromatic hydroxyl groups is 1. The van der Waals surface area contributed by atoms with Gasteiger partial charge in [0.2, 0.25) is 5.91 Å². The summed E-state index contributed by atoms with van der Waals surface area (Å²) in [5.74, 6) is -0.145. The van der Waals surface area contributed by atoms with Crippen molar-refractivity contribution in [3.05, 3.63) is 71.7 Å². The van der Waals surface area contributed by atoms with Crippen molar-refractivity contribution in [2.24, 2.45) is 0 Å². The van der Waals surface area contributed by atoms with E-state index in [2.05, 4.69) is 10.3 Å². The second-order valence-corrected chi connectivity index (χ2v) is 6.29. The van der Waals surface area contributed by atoms with Crippen LogP contribution in [0.15, 0.2) is 54.9 Å². The molecule has 0 fully saturated rings. The number of phenolic OH excluding ortho intramolecular Hbond substituents is 1. The molecule has 2 aromatic carbocycles. The van der Waals surface area contributed by atoms with Gasteiger partial charge in [0.1, 0.15) is 17.9 Å². The number of imidazole rings is 1. The Morgan fingerprint density at radius 1 is 1.15 bits per heavy atom. The average molecular weight is 373 g/mol. The quantitative estimate of drug-likeness (QED) is 0.712. The number of anilines is 1. The number of phenols is 1. The third-order valence-corrected chi connectivity index (χ3v) is 4.52. The van der Waals surface area contributed by atoms with Gasteiger partial charge < -0.3 is 10.4 Å². The molecule has 0 saturated heterocycles. The minimum atomic E-state index is -4.46. The normalized spacial score (nSPS) is 16.7. The monoisotopic (exact) mass is 373 g/mol. The number of benzene rings is 2. The van der Waals surface area contributed by atoms with E-state index in [0.717, 1.165) is 17.7 Å². The summed E-state index contributed by atoms with van der Waals surface area (Å²) in [7, 11) is 0. The zero-order valence-corrected chi connectivity index (χ0v) is 13.9. The molecule has 1 amide bonds. The molecule has 8 heteroatoms. The lowest BCUT2D eigenvalue weighted by atomic mass is 9.90. The van der Waals surface area contributed by atoms with Gasteiger partial charge in [-0.2, -0.15) is 13.2 Å². The van der Waals surface area contributed by atoms with Crippen molar-refractivity contribution in [3.8, 4) is 11.4 Å². The van der Waals surface area contributed by atoms with E-state index in [1.807, 2.05) is 0 Å². The van der Waals surface area contributed by atoms with Gasteiger partial charge >= 0.3 is 6.18 Å². The lowest BCUT2D eigenvalue weighted by Crippen LogP contribution is -2.24. The first-order valence-electron chi connectivity index (χ1n) is 8.16. The van der Waals surface area contributed by atoms with Crippen LogP contribution in [-0.4, -0.2) is 20.6 Å². The largest absolute Gasteiger partial charge is 0.508 e. The molecular formula is C19H14F3N3O2. The van der Waals surface area contributed by atoms with Gasteiger partial charge in [-0.3, -0.25) is 9.36 Å². The molecule has 0 radical (unpaired) electrons. The topological polar surface area (TPSA) is 67.1 Å². The van der Waals surface area contributed by atoms with Crippen LogP contribution in [0.5, 0.6) is 5.75 Å². The van der Waals surface area contributed by atoms with Crippen molar-refractivity contribution in [3.63, 3.8) is 0 Å². The van der Waals surface area contributed by atoms with E-state index < -0.39 is 11.7 Å². The number of fused-ring (bicyclic) bond motifs is 1. The number of amides is 1. The lowest BCUT2D eigenvalue weighted by molar-refractivity contribution is -0.137. The fourth-order valence-corrected chi connectivity index (χ4v) is 3.22.